The summed E-state index contributed by atoms with van der Waals surface area (Å²) < 4.78 is 5.17. The molecule has 2 nitrogen and oxygen atoms in total. The van der Waals surface area contributed by atoms with E-state index in [2.05, 4.69) is 11.9 Å². The molecule has 54 valence electrons. The van der Waals surface area contributed by atoms with Crippen molar-refractivity contribution in [2.45, 2.75) is 25.7 Å². The topological polar surface area (TPSA) is 26.0 Å². The number of aromatic nitrogens is 1. The van der Waals surface area contributed by atoms with Gasteiger partial charge in [0.2, 0.25) is 0 Å². The van der Waals surface area contributed by atoms with E-state index in [-0.39, 0.29) is 0 Å². The summed E-state index contributed by atoms with van der Waals surface area (Å²) in [4.78, 5) is 4.11. The molecule has 0 aromatic carbocycles. The predicted molar refractivity (Wildman–Crippen MR) is 37.6 cm³/mol. The molecular weight excluding hydrogens is 126 g/mol. The first-order valence-electron chi connectivity index (χ1n) is 3.75. The van der Waals surface area contributed by atoms with Crippen LogP contribution in [0.1, 0.15) is 31.6 Å². The third-order valence-corrected chi connectivity index (χ3v) is 2.17. The fourth-order valence-electron chi connectivity index (χ4n) is 1.54. The summed E-state index contributed by atoms with van der Waals surface area (Å²) in [5.74, 6) is 2.42. The average molecular weight is 137 g/mol. The lowest BCUT2D eigenvalue weighted by atomic mass is 9.76. The summed E-state index contributed by atoms with van der Waals surface area (Å²) in [6.45, 7) is 2.26. The van der Waals surface area contributed by atoms with E-state index in [0.29, 0.717) is 5.92 Å². The van der Waals surface area contributed by atoms with Crippen LogP contribution >= 0.6 is 0 Å². The Labute approximate surface area is 60.3 Å². The van der Waals surface area contributed by atoms with Gasteiger partial charge in [0.15, 0.2) is 5.89 Å². The Kier molecular flexibility index (Phi) is 1.26. The lowest BCUT2D eigenvalue weighted by Gasteiger charge is -2.29. The molecule has 0 amide bonds. The summed E-state index contributed by atoms with van der Waals surface area (Å²) >= 11 is 0. The molecule has 0 atom stereocenters. The van der Waals surface area contributed by atoms with E-state index >= 15 is 0 Å². The lowest BCUT2D eigenvalue weighted by molar-refractivity contribution is 0.246. The van der Waals surface area contributed by atoms with Gasteiger partial charge in [-0.25, -0.2) is 4.98 Å². The van der Waals surface area contributed by atoms with E-state index in [9.17, 15) is 0 Å². The maximum Gasteiger partial charge on any atom is 0.197 e. The van der Waals surface area contributed by atoms with Gasteiger partial charge in [0.25, 0.3) is 0 Å². The Bertz CT molecular complexity index is 199. The molecule has 0 spiro atoms. The second-order valence-corrected chi connectivity index (χ2v) is 3.14. The molecule has 1 aromatic heterocycles. The maximum atomic E-state index is 5.17. The van der Waals surface area contributed by atoms with Crippen molar-refractivity contribution in [1.29, 1.82) is 0 Å². The van der Waals surface area contributed by atoms with Crippen LogP contribution in [0.15, 0.2) is 16.9 Å². The van der Waals surface area contributed by atoms with Crippen LogP contribution < -0.4 is 0 Å². The lowest BCUT2D eigenvalue weighted by Crippen LogP contribution is -2.18. The van der Waals surface area contributed by atoms with Gasteiger partial charge in [-0.05, 0) is 18.8 Å². The van der Waals surface area contributed by atoms with Crippen LogP contribution in [0.4, 0.5) is 0 Å². The van der Waals surface area contributed by atoms with E-state index in [0.717, 1.165) is 11.8 Å². The molecule has 0 saturated heterocycles. The fourth-order valence-corrected chi connectivity index (χ4v) is 1.54. The highest BCUT2D eigenvalue weighted by molar-refractivity contribution is 4.98. The third kappa shape index (κ3) is 0.838. The Balaban J connectivity index is 2.04. The zero-order chi connectivity index (χ0) is 6.97. The van der Waals surface area contributed by atoms with Gasteiger partial charge in [-0.2, -0.15) is 0 Å². The highest BCUT2D eigenvalue weighted by atomic mass is 16.3. The molecule has 1 fully saturated rings. The summed E-state index contributed by atoms with van der Waals surface area (Å²) in [5, 5.41) is 0. The summed E-state index contributed by atoms with van der Waals surface area (Å²) in [5.41, 5.74) is 0. The number of hydrogen-bond donors (Lipinski definition) is 0. The second kappa shape index (κ2) is 2.11. The molecule has 2 rings (SSSR count). The van der Waals surface area contributed by atoms with Gasteiger partial charge in [-0.1, -0.05) is 6.92 Å². The normalized spacial score (nSPS) is 31.7. The largest absolute Gasteiger partial charge is 0.449 e. The van der Waals surface area contributed by atoms with Crippen molar-refractivity contribution in [2.75, 3.05) is 0 Å². The Morgan fingerprint density at radius 2 is 2.40 bits per heavy atom. The van der Waals surface area contributed by atoms with Crippen molar-refractivity contribution in [1.82, 2.24) is 4.98 Å². The SMILES string of the molecule is CC1CC(c2ncco2)C1. The first kappa shape index (κ1) is 5.96. The van der Waals surface area contributed by atoms with Crippen LogP contribution in [0.5, 0.6) is 0 Å². The number of hydrogen-bond acceptors (Lipinski definition) is 2. The molecule has 0 aliphatic heterocycles. The Morgan fingerprint density at radius 3 is 2.90 bits per heavy atom. The molecule has 0 N–H and O–H groups in total. The molecule has 0 unspecified atom stereocenters. The van der Waals surface area contributed by atoms with Crippen LogP contribution in [0, 0.1) is 5.92 Å². The van der Waals surface area contributed by atoms with Crippen LogP contribution in [-0.4, -0.2) is 4.98 Å². The highest BCUT2D eigenvalue weighted by Crippen LogP contribution is 2.40. The van der Waals surface area contributed by atoms with Crippen molar-refractivity contribution >= 4 is 0 Å². The standard InChI is InChI=1S/C8H11NO/c1-6-4-7(5-6)8-9-2-3-10-8/h2-3,6-7H,4-5H2,1H3. The van der Waals surface area contributed by atoms with Gasteiger partial charge in [-0.3, -0.25) is 0 Å². The fraction of sp³-hybridized carbons (Fsp3) is 0.625. The maximum absolute atomic E-state index is 5.17. The molecule has 10 heavy (non-hydrogen) atoms. The van der Waals surface area contributed by atoms with E-state index in [1.807, 2.05) is 0 Å². The van der Waals surface area contributed by atoms with Crippen molar-refractivity contribution < 1.29 is 4.42 Å². The van der Waals surface area contributed by atoms with Crippen LogP contribution in [0.25, 0.3) is 0 Å². The Morgan fingerprint density at radius 1 is 1.60 bits per heavy atom. The van der Waals surface area contributed by atoms with Gasteiger partial charge in [0.1, 0.15) is 6.26 Å². The van der Waals surface area contributed by atoms with Crippen molar-refractivity contribution in [3.8, 4) is 0 Å². The number of rotatable bonds is 1. The van der Waals surface area contributed by atoms with Crippen LogP contribution in [-0.2, 0) is 0 Å². The first-order valence-corrected chi connectivity index (χ1v) is 3.75. The minimum absolute atomic E-state index is 0.616. The minimum Gasteiger partial charge on any atom is -0.449 e. The molecule has 1 aliphatic carbocycles. The quantitative estimate of drug-likeness (QED) is 0.593. The monoisotopic (exact) mass is 137 g/mol. The molecule has 1 heterocycles. The molecule has 2 heteroatoms. The third-order valence-electron chi connectivity index (χ3n) is 2.17. The van der Waals surface area contributed by atoms with E-state index in [1.54, 1.807) is 12.5 Å². The van der Waals surface area contributed by atoms with E-state index in [4.69, 9.17) is 4.42 Å². The van der Waals surface area contributed by atoms with E-state index in [1.165, 1.54) is 12.8 Å². The molecule has 1 aliphatic rings. The van der Waals surface area contributed by atoms with Gasteiger partial charge < -0.3 is 4.42 Å². The molecule has 1 saturated carbocycles. The first-order chi connectivity index (χ1) is 4.86. The zero-order valence-corrected chi connectivity index (χ0v) is 6.08. The van der Waals surface area contributed by atoms with E-state index < -0.39 is 0 Å². The molecule has 0 radical (unpaired) electrons. The zero-order valence-electron chi connectivity index (χ0n) is 6.08. The van der Waals surface area contributed by atoms with Crippen molar-refractivity contribution in [3.05, 3.63) is 18.4 Å². The summed E-state index contributed by atoms with van der Waals surface area (Å²) in [6.07, 6.45) is 5.87. The predicted octanol–water partition coefficient (Wildman–Crippen LogP) is 2.19. The molecule has 1 aromatic rings. The average Bonchev–Trinajstić information content (AvgIpc) is 2.31. The molecular formula is C8H11NO. The molecule has 0 bridgehead atoms. The summed E-state index contributed by atoms with van der Waals surface area (Å²) in [7, 11) is 0. The van der Waals surface area contributed by atoms with Crippen molar-refractivity contribution in [3.63, 3.8) is 0 Å². The smallest absolute Gasteiger partial charge is 0.197 e. The Hall–Kier alpha value is -0.790. The van der Waals surface area contributed by atoms with Gasteiger partial charge >= 0.3 is 0 Å². The van der Waals surface area contributed by atoms with Gasteiger partial charge in [0, 0.05) is 5.92 Å². The highest BCUT2D eigenvalue weighted by Gasteiger charge is 2.29. The van der Waals surface area contributed by atoms with Gasteiger partial charge in [-0.15, -0.1) is 0 Å². The van der Waals surface area contributed by atoms with Crippen LogP contribution in [0.3, 0.4) is 0 Å². The van der Waals surface area contributed by atoms with Crippen molar-refractivity contribution in [2.24, 2.45) is 5.92 Å². The number of nitrogens with zero attached hydrogens (tertiary/aromatic N) is 1. The second-order valence-electron chi connectivity index (χ2n) is 3.14. The minimum atomic E-state index is 0.616. The summed E-state index contributed by atoms with van der Waals surface area (Å²) in [6, 6.07) is 0. The van der Waals surface area contributed by atoms with Gasteiger partial charge in [0.05, 0.1) is 6.20 Å². The van der Waals surface area contributed by atoms with Crippen LogP contribution in [0.2, 0.25) is 0 Å². The number of oxazole rings is 1.